The molecule has 23 heavy (non-hydrogen) atoms. The van der Waals surface area contributed by atoms with Crippen LogP contribution in [-0.2, 0) is 6.42 Å². The number of thiocarbonyl (C=S) groups is 1. The summed E-state index contributed by atoms with van der Waals surface area (Å²) in [5.41, 5.74) is 16.2. The summed E-state index contributed by atoms with van der Waals surface area (Å²) in [6.07, 6.45) is 4.76. The van der Waals surface area contributed by atoms with Crippen molar-refractivity contribution in [3.8, 4) is 0 Å². The van der Waals surface area contributed by atoms with Crippen LogP contribution in [-0.4, -0.2) is 5.11 Å². The summed E-state index contributed by atoms with van der Waals surface area (Å²) in [7, 11) is 0. The van der Waals surface area contributed by atoms with Gasteiger partial charge in [-0.3, -0.25) is 5.43 Å². The lowest BCUT2D eigenvalue weighted by molar-refractivity contribution is 0.718. The summed E-state index contributed by atoms with van der Waals surface area (Å²) in [4.78, 5) is 0. The normalized spacial score (nSPS) is 10.1. The molecule has 0 unspecified atom stereocenters. The van der Waals surface area contributed by atoms with E-state index in [9.17, 15) is 0 Å². The number of aryl methyl sites for hydroxylation is 1. The predicted octanol–water partition coefficient (Wildman–Crippen LogP) is 4.51. The quantitative estimate of drug-likeness (QED) is 0.326. The van der Waals surface area contributed by atoms with Gasteiger partial charge >= 0.3 is 0 Å². The van der Waals surface area contributed by atoms with Crippen molar-refractivity contribution in [1.29, 1.82) is 0 Å². The average Bonchev–Trinajstić information content (AvgIpc) is 2.55. The molecule has 2 aromatic rings. The first-order chi connectivity index (χ1) is 11.2. The molecule has 0 bridgehead atoms. The molecule has 0 amide bonds. The van der Waals surface area contributed by atoms with Crippen molar-refractivity contribution in [2.24, 2.45) is 5.73 Å². The first-order valence-corrected chi connectivity index (χ1v) is 8.37. The Bertz CT molecular complexity index is 642. The second kappa shape index (κ2) is 9.00. The highest BCUT2D eigenvalue weighted by atomic mass is 32.1. The van der Waals surface area contributed by atoms with Crippen LogP contribution < -0.4 is 21.9 Å². The van der Waals surface area contributed by atoms with E-state index in [1.807, 2.05) is 30.3 Å². The van der Waals surface area contributed by atoms with Crippen molar-refractivity contribution in [3.05, 3.63) is 54.1 Å². The van der Waals surface area contributed by atoms with E-state index in [1.54, 1.807) is 0 Å². The fraction of sp³-hybridized carbons (Fsp3) is 0.278. The molecule has 0 atom stereocenters. The molecule has 5 N–H and O–H groups in total. The number of hydrazine groups is 1. The minimum Gasteiger partial charge on any atom is -0.376 e. The first kappa shape index (κ1) is 17.1. The van der Waals surface area contributed by atoms with Gasteiger partial charge in [0.05, 0.1) is 17.1 Å². The molecule has 2 aromatic carbocycles. The van der Waals surface area contributed by atoms with E-state index < -0.39 is 0 Å². The van der Waals surface area contributed by atoms with Gasteiger partial charge < -0.3 is 16.5 Å². The van der Waals surface area contributed by atoms with Gasteiger partial charge in [-0.1, -0.05) is 50.1 Å². The molecule has 0 fully saturated rings. The van der Waals surface area contributed by atoms with E-state index in [-0.39, 0.29) is 5.11 Å². The number of anilines is 3. The number of unbranched alkanes of at least 4 members (excludes halogenated alkanes) is 2. The second-order valence-electron chi connectivity index (χ2n) is 5.40. The topological polar surface area (TPSA) is 62.1 Å². The van der Waals surface area contributed by atoms with Crippen LogP contribution in [0.4, 0.5) is 17.1 Å². The predicted molar refractivity (Wildman–Crippen MR) is 104 cm³/mol. The van der Waals surface area contributed by atoms with Gasteiger partial charge in [-0.05, 0) is 48.8 Å². The Morgan fingerprint density at radius 3 is 2.22 bits per heavy atom. The van der Waals surface area contributed by atoms with Gasteiger partial charge in [0.1, 0.15) is 0 Å². The van der Waals surface area contributed by atoms with Crippen molar-refractivity contribution >= 4 is 34.4 Å². The summed E-state index contributed by atoms with van der Waals surface area (Å²) in [5, 5.41) is 3.22. The number of hydrogen-bond acceptors (Lipinski definition) is 3. The molecule has 0 spiro atoms. The van der Waals surface area contributed by atoms with Crippen molar-refractivity contribution < 1.29 is 0 Å². The molecule has 0 aliphatic carbocycles. The summed E-state index contributed by atoms with van der Waals surface area (Å²) in [5.74, 6) is 0. The molecule has 0 saturated carbocycles. The van der Waals surface area contributed by atoms with Crippen LogP contribution in [0.1, 0.15) is 31.7 Å². The van der Waals surface area contributed by atoms with E-state index >= 15 is 0 Å². The van der Waals surface area contributed by atoms with Crippen molar-refractivity contribution in [2.45, 2.75) is 32.6 Å². The Labute approximate surface area is 143 Å². The van der Waals surface area contributed by atoms with E-state index in [2.05, 4.69) is 41.3 Å². The zero-order valence-electron chi connectivity index (χ0n) is 13.4. The van der Waals surface area contributed by atoms with Crippen LogP contribution in [0.3, 0.4) is 0 Å². The van der Waals surface area contributed by atoms with Crippen LogP contribution in [0.15, 0.2) is 48.5 Å². The van der Waals surface area contributed by atoms with Gasteiger partial charge in [-0.2, -0.15) is 0 Å². The minimum atomic E-state index is 0.249. The summed E-state index contributed by atoms with van der Waals surface area (Å²) in [6, 6.07) is 16.1. The fourth-order valence-corrected chi connectivity index (χ4v) is 2.50. The van der Waals surface area contributed by atoms with Crippen LogP contribution in [0, 0.1) is 0 Å². The number of nitrogens with two attached hydrogens (primary N) is 1. The number of para-hydroxylation sites is 3. The van der Waals surface area contributed by atoms with E-state index in [0.29, 0.717) is 0 Å². The summed E-state index contributed by atoms with van der Waals surface area (Å²) >= 11 is 4.91. The van der Waals surface area contributed by atoms with Gasteiger partial charge in [0.2, 0.25) is 0 Å². The fourth-order valence-electron chi connectivity index (χ4n) is 2.39. The maximum Gasteiger partial charge on any atom is 0.168 e. The molecule has 0 radical (unpaired) electrons. The number of rotatable bonds is 8. The van der Waals surface area contributed by atoms with Crippen LogP contribution in [0.2, 0.25) is 0 Å². The molecule has 4 nitrogen and oxygen atoms in total. The molecule has 2 rings (SSSR count). The van der Waals surface area contributed by atoms with Gasteiger partial charge in [0.25, 0.3) is 0 Å². The summed E-state index contributed by atoms with van der Waals surface area (Å²) in [6.45, 7) is 2.22. The van der Waals surface area contributed by atoms with Crippen LogP contribution in [0.5, 0.6) is 0 Å². The number of benzene rings is 2. The molecule has 0 aliphatic heterocycles. The molecule has 122 valence electrons. The Morgan fingerprint density at radius 1 is 0.913 bits per heavy atom. The Morgan fingerprint density at radius 2 is 1.52 bits per heavy atom. The highest BCUT2D eigenvalue weighted by molar-refractivity contribution is 7.80. The lowest BCUT2D eigenvalue weighted by atomic mass is 10.1. The molecule has 0 heterocycles. The zero-order valence-corrected chi connectivity index (χ0v) is 14.2. The minimum absolute atomic E-state index is 0.249. The molecular weight excluding hydrogens is 304 g/mol. The van der Waals surface area contributed by atoms with Gasteiger partial charge in [0.15, 0.2) is 5.11 Å². The highest BCUT2D eigenvalue weighted by Gasteiger charge is 2.04. The largest absolute Gasteiger partial charge is 0.376 e. The Kier molecular flexibility index (Phi) is 6.69. The average molecular weight is 328 g/mol. The third-order valence-corrected chi connectivity index (χ3v) is 3.69. The first-order valence-electron chi connectivity index (χ1n) is 7.96. The summed E-state index contributed by atoms with van der Waals surface area (Å²) < 4.78 is 0. The smallest absolute Gasteiger partial charge is 0.168 e. The van der Waals surface area contributed by atoms with E-state index in [0.717, 1.165) is 23.5 Å². The lowest BCUT2D eigenvalue weighted by Gasteiger charge is -2.16. The van der Waals surface area contributed by atoms with Crippen molar-refractivity contribution in [3.63, 3.8) is 0 Å². The van der Waals surface area contributed by atoms with E-state index in [1.165, 1.54) is 24.8 Å². The SMILES string of the molecule is CCCCCc1ccccc1NNc1ccccc1NC(N)=S. The molecule has 0 aromatic heterocycles. The molecule has 0 saturated heterocycles. The van der Waals surface area contributed by atoms with Gasteiger partial charge in [-0.15, -0.1) is 0 Å². The molecule has 0 aliphatic rings. The highest BCUT2D eigenvalue weighted by Crippen LogP contribution is 2.23. The standard InChI is InChI=1S/C18H24N4S/c1-2-3-4-9-14-10-5-6-11-15(14)21-22-17-13-8-7-12-16(17)20-18(19)23/h5-8,10-13,21-22H,2-4,9H2,1H3,(H3,19,20,23). The lowest BCUT2D eigenvalue weighted by Crippen LogP contribution is -2.20. The zero-order chi connectivity index (χ0) is 16.5. The van der Waals surface area contributed by atoms with Crippen LogP contribution >= 0.6 is 12.2 Å². The maximum atomic E-state index is 5.56. The van der Waals surface area contributed by atoms with E-state index in [4.69, 9.17) is 18.0 Å². The monoisotopic (exact) mass is 328 g/mol. The maximum absolute atomic E-state index is 5.56. The third-order valence-electron chi connectivity index (χ3n) is 3.58. The second-order valence-corrected chi connectivity index (χ2v) is 5.84. The van der Waals surface area contributed by atoms with Gasteiger partial charge in [0, 0.05) is 0 Å². The third kappa shape index (κ3) is 5.45. The molecule has 5 heteroatoms. The number of hydrogen-bond donors (Lipinski definition) is 4. The Balaban J connectivity index is 2.05. The Hall–Kier alpha value is -2.27. The van der Waals surface area contributed by atoms with Crippen molar-refractivity contribution in [1.82, 2.24) is 0 Å². The molecular formula is C18H24N4S. The van der Waals surface area contributed by atoms with Crippen molar-refractivity contribution in [2.75, 3.05) is 16.2 Å². The van der Waals surface area contributed by atoms with Gasteiger partial charge in [-0.25, -0.2) is 0 Å². The van der Waals surface area contributed by atoms with Crippen LogP contribution in [0.25, 0.3) is 0 Å². The number of nitrogens with one attached hydrogen (secondary N) is 3.